The minimum atomic E-state index is -0.289. The second-order valence-corrected chi connectivity index (χ2v) is 1.80. The van der Waals surface area contributed by atoms with Crippen LogP contribution in [0, 0.1) is 0 Å². The third kappa shape index (κ3) is 3.06. The Morgan fingerprint density at radius 3 is 2.67 bits per heavy atom. The Labute approximate surface area is 56.0 Å². The van der Waals surface area contributed by atoms with Gasteiger partial charge in [-0.2, -0.15) is 0 Å². The zero-order valence-electron chi connectivity index (χ0n) is 5.92. The van der Waals surface area contributed by atoms with Gasteiger partial charge in [-0.3, -0.25) is 0 Å². The molecule has 0 amide bonds. The molecule has 0 aliphatic heterocycles. The molecule has 0 saturated carbocycles. The van der Waals surface area contributed by atoms with Crippen molar-refractivity contribution in [2.75, 3.05) is 7.11 Å². The van der Waals surface area contributed by atoms with E-state index in [-0.39, 0.29) is 6.23 Å². The SMILES string of the molecule is C=C/C=C(/C)C(N)OC. The second-order valence-electron chi connectivity index (χ2n) is 1.80. The van der Waals surface area contributed by atoms with Crippen LogP contribution in [-0.4, -0.2) is 13.3 Å². The number of hydrogen-bond donors (Lipinski definition) is 1. The number of allylic oxidation sites excluding steroid dienone is 2. The lowest BCUT2D eigenvalue weighted by Crippen LogP contribution is -2.22. The summed E-state index contributed by atoms with van der Waals surface area (Å²) < 4.78 is 4.83. The number of rotatable bonds is 3. The van der Waals surface area contributed by atoms with Crippen molar-refractivity contribution >= 4 is 0 Å². The highest BCUT2D eigenvalue weighted by atomic mass is 16.5. The van der Waals surface area contributed by atoms with E-state index in [2.05, 4.69) is 6.58 Å². The molecule has 0 spiro atoms. The molecule has 0 heterocycles. The molecule has 0 aromatic rings. The zero-order valence-corrected chi connectivity index (χ0v) is 5.92. The normalized spacial score (nSPS) is 15.2. The van der Waals surface area contributed by atoms with Gasteiger partial charge in [0.2, 0.25) is 0 Å². The van der Waals surface area contributed by atoms with E-state index < -0.39 is 0 Å². The molecule has 0 radical (unpaired) electrons. The highest BCUT2D eigenvalue weighted by Crippen LogP contribution is 1.97. The number of ether oxygens (including phenoxy) is 1. The lowest BCUT2D eigenvalue weighted by molar-refractivity contribution is 0.137. The van der Waals surface area contributed by atoms with Crippen LogP contribution in [0.2, 0.25) is 0 Å². The monoisotopic (exact) mass is 127 g/mol. The molecule has 0 aliphatic rings. The van der Waals surface area contributed by atoms with Crippen LogP contribution in [0.4, 0.5) is 0 Å². The van der Waals surface area contributed by atoms with Crippen LogP contribution in [0.1, 0.15) is 6.92 Å². The Hall–Kier alpha value is -0.600. The van der Waals surface area contributed by atoms with Gasteiger partial charge in [-0.25, -0.2) is 0 Å². The predicted molar refractivity (Wildman–Crippen MR) is 38.9 cm³/mol. The molecular weight excluding hydrogens is 114 g/mol. The van der Waals surface area contributed by atoms with E-state index in [9.17, 15) is 0 Å². The molecule has 0 fully saturated rings. The molecule has 0 rings (SSSR count). The van der Waals surface area contributed by atoms with Gasteiger partial charge in [-0.1, -0.05) is 18.7 Å². The Balaban J connectivity index is 3.84. The Bertz CT molecular complexity index is 118. The van der Waals surface area contributed by atoms with Gasteiger partial charge in [-0.15, -0.1) is 0 Å². The van der Waals surface area contributed by atoms with Crippen molar-refractivity contribution in [3.63, 3.8) is 0 Å². The summed E-state index contributed by atoms with van der Waals surface area (Å²) >= 11 is 0. The molecule has 9 heavy (non-hydrogen) atoms. The summed E-state index contributed by atoms with van der Waals surface area (Å²) in [6.45, 7) is 5.43. The molecule has 0 aromatic carbocycles. The minimum Gasteiger partial charge on any atom is -0.363 e. The summed E-state index contributed by atoms with van der Waals surface area (Å²) in [6.07, 6.45) is 3.23. The number of nitrogens with two attached hydrogens (primary N) is 1. The van der Waals surface area contributed by atoms with Gasteiger partial charge < -0.3 is 10.5 Å². The van der Waals surface area contributed by atoms with Crippen molar-refractivity contribution in [1.29, 1.82) is 0 Å². The van der Waals surface area contributed by atoms with Gasteiger partial charge in [0.25, 0.3) is 0 Å². The zero-order chi connectivity index (χ0) is 7.28. The van der Waals surface area contributed by atoms with Gasteiger partial charge in [0.15, 0.2) is 0 Å². The summed E-state index contributed by atoms with van der Waals surface area (Å²) in [6, 6.07) is 0. The van der Waals surface area contributed by atoms with Crippen molar-refractivity contribution in [3.8, 4) is 0 Å². The van der Waals surface area contributed by atoms with Crippen LogP contribution >= 0.6 is 0 Å². The first-order valence-electron chi connectivity index (χ1n) is 2.80. The van der Waals surface area contributed by atoms with Crippen molar-refractivity contribution in [2.45, 2.75) is 13.2 Å². The minimum absolute atomic E-state index is 0.289. The van der Waals surface area contributed by atoms with Crippen molar-refractivity contribution < 1.29 is 4.74 Å². The Morgan fingerprint density at radius 2 is 2.33 bits per heavy atom. The predicted octanol–water partition coefficient (Wildman–Crippen LogP) is 1.05. The highest BCUT2D eigenvalue weighted by molar-refractivity contribution is 5.10. The Morgan fingerprint density at radius 1 is 1.78 bits per heavy atom. The third-order valence-electron chi connectivity index (χ3n) is 1.08. The molecule has 2 N–H and O–H groups in total. The molecule has 0 saturated heterocycles. The van der Waals surface area contributed by atoms with E-state index >= 15 is 0 Å². The van der Waals surface area contributed by atoms with E-state index in [1.54, 1.807) is 13.2 Å². The van der Waals surface area contributed by atoms with Crippen molar-refractivity contribution in [2.24, 2.45) is 5.73 Å². The molecule has 1 atom stereocenters. The molecule has 2 nitrogen and oxygen atoms in total. The first-order valence-corrected chi connectivity index (χ1v) is 2.80. The first kappa shape index (κ1) is 8.40. The number of hydrogen-bond acceptors (Lipinski definition) is 2. The lowest BCUT2D eigenvalue weighted by atomic mass is 10.2. The smallest absolute Gasteiger partial charge is 0.127 e. The van der Waals surface area contributed by atoms with E-state index in [1.807, 2.05) is 13.0 Å². The maximum absolute atomic E-state index is 5.46. The van der Waals surface area contributed by atoms with E-state index in [0.717, 1.165) is 5.57 Å². The summed E-state index contributed by atoms with van der Waals surface area (Å²) in [4.78, 5) is 0. The quantitative estimate of drug-likeness (QED) is 0.454. The molecule has 0 bridgehead atoms. The molecular formula is C7H13NO. The topological polar surface area (TPSA) is 35.2 Å². The van der Waals surface area contributed by atoms with Gasteiger partial charge in [0, 0.05) is 7.11 Å². The van der Waals surface area contributed by atoms with Gasteiger partial charge in [-0.05, 0) is 12.5 Å². The Kier molecular flexibility index (Phi) is 4.01. The third-order valence-corrected chi connectivity index (χ3v) is 1.08. The van der Waals surface area contributed by atoms with E-state index in [4.69, 9.17) is 10.5 Å². The van der Waals surface area contributed by atoms with Crippen LogP contribution in [0.5, 0.6) is 0 Å². The average Bonchev–Trinajstić information content (AvgIpc) is 1.87. The summed E-state index contributed by atoms with van der Waals surface area (Å²) in [5.74, 6) is 0. The first-order chi connectivity index (χ1) is 4.22. The van der Waals surface area contributed by atoms with E-state index in [1.165, 1.54) is 0 Å². The molecule has 0 aromatic heterocycles. The van der Waals surface area contributed by atoms with Crippen LogP contribution in [0.15, 0.2) is 24.3 Å². The van der Waals surface area contributed by atoms with E-state index in [0.29, 0.717) is 0 Å². The molecule has 52 valence electrons. The fraction of sp³-hybridized carbons (Fsp3) is 0.429. The van der Waals surface area contributed by atoms with Crippen LogP contribution in [0.25, 0.3) is 0 Å². The standard InChI is InChI=1S/C7H13NO/c1-4-5-6(2)7(8)9-3/h4-5,7H,1,8H2,2-3H3/b6-5-. The molecule has 1 unspecified atom stereocenters. The largest absolute Gasteiger partial charge is 0.363 e. The summed E-state index contributed by atoms with van der Waals surface area (Å²) in [5, 5.41) is 0. The van der Waals surface area contributed by atoms with Crippen molar-refractivity contribution in [3.05, 3.63) is 24.3 Å². The molecule has 0 aliphatic carbocycles. The van der Waals surface area contributed by atoms with Gasteiger partial charge in [0.1, 0.15) is 6.23 Å². The average molecular weight is 127 g/mol. The fourth-order valence-corrected chi connectivity index (χ4v) is 0.467. The van der Waals surface area contributed by atoms with Gasteiger partial charge >= 0.3 is 0 Å². The molecule has 2 heteroatoms. The number of methoxy groups -OCH3 is 1. The lowest BCUT2D eigenvalue weighted by Gasteiger charge is -2.07. The van der Waals surface area contributed by atoms with Crippen LogP contribution in [-0.2, 0) is 4.74 Å². The van der Waals surface area contributed by atoms with Crippen LogP contribution in [0.3, 0.4) is 0 Å². The maximum Gasteiger partial charge on any atom is 0.127 e. The highest BCUT2D eigenvalue weighted by Gasteiger charge is 1.98. The fourth-order valence-electron chi connectivity index (χ4n) is 0.467. The van der Waals surface area contributed by atoms with Gasteiger partial charge in [0.05, 0.1) is 0 Å². The summed E-state index contributed by atoms with van der Waals surface area (Å²) in [7, 11) is 1.57. The second kappa shape index (κ2) is 4.30. The van der Waals surface area contributed by atoms with Crippen LogP contribution < -0.4 is 5.73 Å². The summed E-state index contributed by atoms with van der Waals surface area (Å²) in [5.41, 5.74) is 6.44. The van der Waals surface area contributed by atoms with Crippen molar-refractivity contribution in [1.82, 2.24) is 0 Å². The maximum atomic E-state index is 5.46.